The van der Waals surface area contributed by atoms with Crippen LogP contribution in [-0.4, -0.2) is 44.3 Å². The van der Waals surface area contributed by atoms with Gasteiger partial charge in [0.2, 0.25) is 0 Å². The number of ether oxygens (including phenoxy) is 2. The first-order valence-electron chi connectivity index (χ1n) is 10.9. The zero-order chi connectivity index (χ0) is 26.8. The number of halogens is 3. The molecule has 0 aromatic heterocycles. The minimum Gasteiger partial charge on any atom is -0.545 e. The average Bonchev–Trinajstić information content (AvgIpc) is 2.85. The Labute approximate surface area is 221 Å². The van der Waals surface area contributed by atoms with Crippen molar-refractivity contribution in [1.82, 2.24) is 5.32 Å². The van der Waals surface area contributed by atoms with Crippen molar-refractivity contribution >= 4 is 52.5 Å². The highest BCUT2D eigenvalue weighted by Gasteiger charge is 2.14. The lowest BCUT2D eigenvalue weighted by molar-refractivity contribution is -0.254. The molecule has 3 amide bonds. The molecule has 0 unspecified atom stereocenters. The van der Waals surface area contributed by atoms with Crippen LogP contribution in [0.3, 0.4) is 0 Å². The lowest BCUT2D eigenvalue weighted by Gasteiger charge is -2.15. The van der Waals surface area contributed by atoms with Gasteiger partial charge in [0, 0.05) is 22.8 Å². The van der Waals surface area contributed by atoms with Gasteiger partial charge in [0.05, 0.1) is 35.5 Å². The zero-order valence-corrected chi connectivity index (χ0v) is 20.7. The summed E-state index contributed by atoms with van der Waals surface area (Å²) in [6.07, 6.45) is 0. The van der Waals surface area contributed by atoms with Crippen molar-refractivity contribution in [2.24, 2.45) is 0 Å². The number of carboxylic acids is 1. The van der Waals surface area contributed by atoms with Crippen LogP contribution in [0.15, 0.2) is 60.7 Å². The summed E-state index contributed by atoms with van der Waals surface area (Å²) in [6.45, 7) is 0.673. The Kier molecular flexibility index (Phi) is 10.1. The topological polar surface area (TPSA) is 129 Å². The van der Waals surface area contributed by atoms with E-state index in [0.29, 0.717) is 10.7 Å². The minimum atomic E-state index is -1.51. The molecule has 0 fully saturated rings. The number of hydrogen-bond donors (Lipinski definition) is 3. The molecular weight excluding hydrogens is 528 g/mol. The van der Waals surface area contributed by atoms with Gasteiger partial charge in [-0.1, -0.05) is 23.2 Å². The Hall–Kier alpha value is -3.86. The van der Waals surface area contributed by atoms with Crippen molar-refractivity contribution in [3.05, 3.63) is 87.7 Å². The molecule has 0 saturated carbocycles. The molecule has 0 aliphatic carbocycles. The monoisotopic (exact) mass is 548 g/mol. The molecule has 0 bridgehead atoms. The maximum Gasteiger partial charge on any atom is 0.319 e. The van der Waals surface area contributed by atoms with E-state index < -0.39 is 23.7 Å². The number of nitrogens with one attached hydrogen (secondary N) is 3. The van der Waals surface area contributed by atoms with Crippen molar-refractivity contribution < 1.29 is 33.4 Å². The second kappa shape index (κ2) is 13.4. The number of urea groups is 1. The van der Waals surface area contributed by atoms with Gasteiger partial charge in [-0.2, -0.15) is 0 Å². The number of benzene rings is 3. The van der Waals surface area contributed by atoms with Crippen LogP contribution in [0.25, 0.3) is 0 Å². The summed E-state index contributed by atoms with van der Waals surface area (Å²) in [5, 5.41) is 19.7. The van der Waals surface area contributed by atoms with Crippen LogP contribution >= 0.6 is 23.2 Å². The molecule has 0 atom stereocenters. The minimum absolute atomic E-state index is 0.00426. The van der Waals surface area contributed by atoms with E-state index >= 15 is 0 Å². The third-order valence-corrected chi connectivity index (χ3v) is 5.31. The number of hydrogen-bond acceptors (Lipinski definition) is 6. The lowest BCUT2D eigenvalue weighted by Crippen LogP contribution is -2.31. The van der Waals surface area contributed by atoms with Crippen LogP contribution in [0, 0.1) is 5.82 Å². The number of rotatable bonds is 11. The van der Waals surface area contributed by atoms with Crippen LogP contribution in [0.5, 0.6) is 5.75 Å². The van der Waals surface area contributed by atoms with E-state index in [-0.39, 0.29) is 54.0 Å². The van der Waals surface area contributed by atoms with Gasteiger partial charge in [-0.3, -0.25) is 4.79 Å². The SMILES string of the molecule is O=C(NCCOCCOc1ccc(NC(=O)c2ccc(Cl)cc2Cl)c(C(=O)[O-])c1)Nc1ccc(F)cc1. The normalized spacial score (nSPS) is 10.5. The average molecular weight is 549 g/mol. The van der Waals surface area contributed by atoms with Gasteiger partial charge in [-0.25, -0.2) is 9.18 Å². The largest absolute Gasteiger partial charge is 0.545 e. The first kappa shape index (κ1) is 27.7. The fourth-order valence-electron chi connectivity index (χ4n) is 3.02. The van der Waals surface area contributed by atoms with Gasteiger partial charge in [-0.15, -0.1) is 0 Å². The fraction of sp³-hybridized carbons (Fsp3) is 0.160. The molecule has 3 aromatic carbocycles. The molecule has 9 nitrogen and oxygen atoms in total. The summed E-state index contributed by atoms with van der Waals surface area (Å²) in [5.41, 5.74) is 0.289. The molecule has 0 radical (unpaired) electrons. The maximum absolute atomic E-state index is 12.9. The van der Waals surface area contributed by atoms with Crippen LogP contribution in [-0.2, 0) is 4.74 Å². The standard InChI is InChI=1S/C25H22Cl2FN3O6/c26-15-1-7-19(21(27)13-15)23(32)31-22-8-6-18(14-20(22)24(33)34)37-12-11-36-10-9-29-25(35)30-17-4-2-16(28)3-5-17/h1-8,13-14H,9-12H2,(H,31,32)(H,33,34)(H2,29,30,35)/p-1. The van der Waals surface area contributed by atoms with Crippen molar-refractivity contribution in [3.63, 3.8) is 0 Å². The first-order chi connectivity index (χ1) is 17.7. The van der Waals surface area contributed by atoms with Gasteiger partial charge < -0.3 is 35.3 Å². The maximum atomic E-state index is 12.9. The van der Waals surface area contributed by atoms with E-state index in [1.165, 1.54) is 60.7 Å². The molecule has 12 heteroatoms. The number of carboxylic acid groups (broad SMARTS) is 1. The van der Waals surface area contributed by atoms with Crippen LogP contribution in [0.2, 0.25) is 10.0 Å². The van der Waals surface area contributed by atoms with Crippen LogP contribution < -0.4 is 25.8 Å². The molecule has 3 rings (SSSR count). The zero-order valence-electron chi connectivity index (χ0n) is 19.2. The summed E-state index contributed by atoms with van der Waals surface area (Å²) in [5.74, 6) is -2.31. The summed E-state index contributed by atoms with van der Waals surface area (Å²) in [6, 6.07) is 13.2. The van der Waals surface area contributed by atoms with Gasteiger partial charge >= 0.3 is 6.03 Å². The Morgan fingerprint density at radius 3 is 2.32 bits per heavy atom. The van der Waals surface area contributed by atoms with Crippen molar-refractivity contribution in [1.29, 1.82) is 0 Å². The Morgan fingerprint density at radius 2 is 1.62 bits per heavy atom. The second-order valence-corrected chi connectivity index (χ2v) is 8.27. The Bertz CT molecular complexity index is 1270. The molecule has 3 aromatic rings. The predicted molar refractivity (Wildman–Crippen MR) is 135 cm³/mol. The van der Waals surface area contributed by atoms with Crippen LogP contribution in [0.1, 0.15) is 20.7 Å². The third kappa shape index (κ3) is 8.64. The highest BCUT2D eigenvalue weighted by Crippen LogP contribution is 2.25. The molecule has 0 spiro atoms. The number of anilines is 2. The molecule has 0 saturated heterocycles. The molecule has 3 N–H and O–H groups in total. The lowest BCUT2D eigenvalue weighted by atomic mass is 10.1. The van der Waals surface area contributed by atoms with E-state index in [4.69, 9.17) is 32.7 Å². The van der Waals surface area contributed by atoms with E-state index in [0.717, 1.165) is 0 Å². The first-order valence-corrected chi connectivity index (χ1v) is 11.6. The van der Waals surface area contributed by atoms with E-state index in [2.05, 4.69) is 16.0 Å². The van der Waals surface area contributed by atoms with E-state index in [1.807, 2.05) is 0 Å². The van der Waals surface area contributed by atoms with Gasteiger partial charge in [0.1, 0.15) is 18.2 Å². The molecule has 0 aliphatic heterocycles. The number of amides is 3. The molecule has 0 aliphatic rings. The number of carbonyl (C=O) groups is 3. The molecule has 0 heterocycles. The van der Waals surface area contributed by atoms with Gasteiger partial charge in [0.25, 0.3) is 5.91 Å². The summed E-state index contributed by atoms with van der Waals surface area (Å²) in [4.78, 5) is 35.9. The smallest absolute Gasteiger partial charge is 0.319 e. The summed E-state index contributed by atoms with van der Waals surface area (Å²) in [7, 11) is 0. The van der Waals surface area contributed by atoms with Gasteiger partial charge in [0.15, 0.2) is 0 Å². The predicted octanol–water partition coefficient (Wildman–Crippen LogP) is 3.97. The third-order valence-electron chi connectivity index (χ3n) is 4.77. The van der Waals surface area contributed by atoms with Crippen LogP contribution in [0.4, 0.5) is 20.6 Å². The molecule has 194 valence electrons. The molecule has 37 heavy (non-hydrogen) atoms. The van der Waals surface area contributed by atoms with E-state index in [9.17, 15) is 23.9 Å². The Balaban J connectivity index is 1.42. The highest BCUT2D eigenvalue weighted by atomic mass is 35.5. The van der Waals surface area contributed by atoms with Crippen molar-refractivity contribution in [3.8, 4) is 5.75 Å². The quantitative estimate of drug-likeness (QED) is 0.311. The number of aromatic carboxylic acids is 1. The van der Waals surface area contributed by atoms with Gasteiger partial charge in [-0.05, 0) is 60.7 Å². The second-order valence-electron chi connectivity index (χ2n) is 7.42. The number of carbonyl (C=O) groups excluding carboxylic acids is 3. The van der Waals surface area contributed by atoms with Crippen molar-refractivity contribution in [2.75, 3.05) is 37.0 Å². The Morgan fingerprint density at radius 1 is 0.865 bits per heavy atom. The van der Waals surface area contributed by atoms with Crippen molar-refractivity contribution in [2.45, 2.75) is 0 Å². The summed E-state index contributed by atoms with van der Waals surface area (Å²) < 4.78 is 23.7. The fourth-order valence-corrected chi connectivity index (χ4v) is 3.51. The van der Waals surface area contributed by atoms with E-state index in [1.54, 1.807) is 0 Å². The molecular formula is C25H21Cl2FN3O6-. The highest BCUT2D eigenvalue weighted by molar-refractivity contribution is 6.37. The summed E-state index contributed by atoms with van der Waals surface area (Å²) >= 11 is 11.9.